The van der Waals surface area contributed by atoms with Crippen molar-refractivity contribution in [3.05, 3.63) is 29.8 Å². The van der Waals surface area contributed by atoms with E-state index in [1.807, 2.05) is 12.1 Å². The lowest BCUT2D eigenvalue weighted by Gasteiger charge is -2.34. The third kappa shape index (κ3) is 3.72. The fourth-order valence-electron chi connectivity index (χ4n) is 2.95. The third-order valence-electron chi connectivity index (χ3n) is 4.18. The second-order valence-electron chi connectivity index (χ2n) is 6.16. The molecule has 0 aromatic heterocycles. The van der Waals surface area contributed by atoms with E-state index in [4.69, 9.17) is 10.5 Å². The standard InChI is InChI=1S/C16H25N3O/c1-18-7-8-20-16(11-18)12-19(15-5-6-15)10-13-3-2-4-14(17)9-13/h2-4,9,15-16H,5-8,10-12,17H2,1H3. The fourth-order valence-corrected chi connectivity index (χ4v) is 2.95. The Morgan fingerprint density at radius 2 is 2.25 bits per heavy atom. The predicted molar refractivity (Wildman–Crippen MR) is 81.5 cm³/mol. The highest BCUT2D eigenvalue weighted by molar-refractivity contribution is 5.40. The number of benzene rings is 1. The fraction of sp³-hybridized carbons (Fsp3) is 0.625. The molecular formula is C16H25N3O. The van der Waals surface area contributed by atoms with Gasteiger partial charge in [-0.1, -0.05) is 12.1 Å². The van der Waals surface area contributed by atoms with Gasteiger partial charge in [-0.2, -0.15) is 0 Å². The Morgan fingerprint density at radius 3 is 2.95 bits per heavy atom. The summed E-state index contributed by atoms with van der Waals surface area (Å²) in [7, 11) is 2.18. The molecule has 110 valence electrons. The lowest BCUT2D eigenvalue weighted by Crippen LogP contribution is -2.46. The molecule has 2 aliphatic rings. The van der Waals surface area contributed by atoms with Crippen LogP contribution >= 0.6 is 0 Å². The van der Waals surface area contributed by atoms with Crippen LogP contribution in [0.15, 0.2) is 24.3 Å². The number of likely N-dealkylation sites (N-methyl/N-ethyl adjacent to an activating group) is 1. The van der Waals surface area contributed by atoms with Gasteiger partial charge in [-0.3, -0.25) is 4.90 Å². The Labute approximate surface area is 121 Å². The van der Waals surface area contributed by atoms with E-state index in [1.54, 1.807) is 0 Å². The number of nitrogen functional groups attached to an aromatic ring is 1. The van der Waals surface area contributed by atoms with E-state index in [0.717, 1.165) is 44.5 Å². The van der Waals surface area contributed by atoms with E-state index in [0.29, 0.717) is 6.10 Å². The zero-order chi connectivity index (χ0) is 13.9. The highest BCUT2D eigenvalue weighted by Crippen LogP contribution is 2.29. The van der Waals surface area contributed by atoms with Crippen molar-refractivity contribution in [2.24, 2.45) is 0 Å². The summed E-state index contributed by atoms with van der Waals surface area (Å²) < 4.78 is 5.91. The van der Waals surface area contributed by atoms with Gasteiger partial charge in [0.25, 0.3) is 0 Å². The molecule has 1 heterocycles. The summed E-state index contributed by atoms with van der Waals surface area (Å²) in [6, 6.07) is 8.99. The van der Waals surface area contributed by atoms with Gasteiger partial charge in [0.1, 0.15) is 0 Å². The molecule has 0 radical (unpaired) electrons. The van der Waals surface area contributed by atoms with Crippen LogP contribution in [0.4, 0.5) is 5.69 Å². The Balaban J connectivity index is 1.61. The lowest BCUT2D eigenvalue weighted by atomic mass is 10.1. The summed E-state index contributed by atoms with van der Waals surface area (Å²) in [6.45, 7) is 4.97. The molecule has 4 nitrogen and oxygen atoms in total. The maximum atomic E-state index is 5.91. The first-order valence-electron chi connectivity index (χ1n) is 7.59. The minimum atomic E-state index is 0.343. The van der Waals surface area contributed by atoms with Gasteiger partial charge in [0.05, 0.1) is 12.7 Å². The van der Waals surface area contributed by atoms with E-state index in [9.17, 15) is 0 Å². The summed E-state index contributed by atoms with van der Waals surface area (Å²) in [5.41, 5.74) is 8.04. The summed E-state index contributed by atoms with van der Waals surface area (Å²) in [5, 5.41) is 0. The Hall–Kier alpha value is -1.10. The molecule has 1 aliphatic carbocycles. The average Bonchev–Trinajstić information content (AvgIpc) is 3.22. The highest BCUT2D eigenvalue weighted by Gasteiger charge is 2.31. The molecule has 1 atom stereocenters. The van der Waals surface area contributed by atoms with E-state index in [-0.39, 0.29) is 0 Å². The number of ether oxygens (including phenoxy) is 1. The molecule has 1 aromatic rings. The average molecular weight is 275 g/mol. The van der Waals surface area contributed by atoms with Crippen molar-refractivity contribution in [1.29, 1.82) is 0 Å². The van der Waals surface area contributed by atoms with Gasteiger partial charge in [-0.25, -0.2) is 0 Å². The molecule has 1 aliphatic heterocycles. The van der Waals surface area contributed by atoms with Crippen LogP contribution in [0.25, 0.3) is 0 Å². The number of rotatable bonds is 5. The van der Waals surface area contributed by atoms with Gasteiger partial charge in [0, 0.05) is 37.9 Å². The SMILES string of the molecule is CN1CCOC(CN(Cc2cccc(N)c2)C2CC2)C1. The van der Waals surface area contributed by atoms with Crippen LogP contribution in [-0.2, 0) is 11.3 Å². The van der Waals surface area contributed by atoms with Gasteiger partial charge in [-0.05, 0) is 37.6 Å². The van der Waals surface area contributed by atoms with Crippen molar-refractivity contribution >= 4 is 5.69 Å². The normalized spacial score (nSPS) is 24.2. The zero-order valence-electron chi connectivity index (χ0n) is 12.3. The molecular weight excluding hydrogens is 250 g/mol. The molecule has 2 fully saturated rings. The molecule has 2 N–H and O–H groups in total. The Morgan fingerprint density at radius 1 is 1.40 bits per heavy atom. The molecule has 1 aromatic carbocycles. The number of morpholine rings is 1. The van der Waals surface area contributed by atoms with Crippen molar-refractivity contribution in [2.75, 3.05) is 39.0 Å². The quantitative estimate of drug-likeness (QED) is 0.828. The molecule has 4 heteroatoms. The van der Waals surface area contributed by atoms with Crippen LogP contribution in [0.3, 0.4) is 0 Å². The van der Waals surface area contributed by atoms with Crippen LogP contribution in [0.5, 0.6) is 0 Å². The predicted octanol–water partition coefficient (Wildman–Crippen LogP) is 1.56. The summed E-state index contributed by atoms with van der Waals surface area (Å²) >= 11 is 0. The maximum Gasteiger partial charge on any atom is 0.0829 e. The first-order chi connectivity index (χ1) is 9.70. The van der Waals surface area contributed by atoms with Crippen molar-refractivity contribution < 1.29 is 4.74 Å². The molecule has 0 amide bonds. The number of hydrogen-bond donors (Lipinski definition) is 1. The van der Waals surface area contributed by atoms with Gasteiger partial charge < -0.3 is 15.4 Å². The minimum Gasteiger partial charge on any atom is -0.399 e. The van der Waals surface area contributed by atoms with Crippen molar-refractivity contribution in [2.45, 2.75) is 31.5 Å². The number of anilines is 1. The zero-order valence-corrected chi connectivity index (χ0v) is 12.3. The van der Waals surface area contributed by atoms with Crippen LogP contribution < -0.4 is 5.73 Å². The van der Waals surface area contributed by atoms with Crippen molar-refractivity contribution in [3.63, 3.8) is 0 Å². The lowest BCUT2D eigenvalue weighted by molar-refractivity contribution is -0.0379. The van der Waals surface area contributed by atoms with Crippen LogP contribution in [0.2, 0.25) is 0 Å². The third-order valence-corrected chi connectivity index (χ3v) is 4.18. The second kappa shape index (κ2) is 6.12. The molecule has 1 unspecified atom stereocenters. The summed E-state index contributed by atoms with van der Waals surface area (Å²) in [4.78, 5) is 4.93. The smallest absolute Gasteiger partial charge is 0.0829 e. The van der Waals surface area contributed by atoms with Crippen molar-refractivity contribution in [3.8, 4) is 0 Å². The second-order valence-corrected chi connectivity index (χ2v) is 6.16. The first kappa shape index (κ1) is 13.9. The van der Waals surface area contributed by atoms with Crippen LogP contribution in [-0.4, -0.2) is 55.2 Å². The molecule has 1 saturated heterocycles. The van der Waals surface area contributed by atoms with Gasteiger partial charge >= 0.3 is 0 Å². The molecule has 0 bridgehead atoms. The largest absolute Gasteiger partial charge is 0.399 e. The van der Waals surface area contributed by atoms with E-state index in [1.165, 1.54) is 18.4 Å². The number of hydrogen-bond acceptors (Lipinski definition) is 4. The molecule has 20 heavy (non-hydrogen) atoms. The van der Waals surface area contributed by atoms with Crippen LogP contribution in [0.1, 0.15) is 18.4 Å². The van der Waals surface area contributed by atoms with Gasteiger partial charge in [0.15, 0.2) is 0 Å². The summed E-state index contributed by atoms with van der Waals surface area (Å²) in [5.74, 6) is 0. The monoisotopic (exact) mass is 275 g/mol. The summed E-state index contributed by atoms with van der Waals surface area (Å²) in [6.07, 6.45) is 2.99. The van der Waals surface area contributed by atoms with E-state index >= 15 is 0 Å². The first-order valence-corrected chi connectivity index (χ1v) is 7.59. The Bertz CT molecular complexity index is 447. The molecule has 3 rings (SSSR count). The Kier molecular flexibility index (Phi) is 4.24. The number of nitrogens with zero attached hydrogens (tertiary/aromatic N) is 2. The maximum absolute atomic E-state index is 5.91. The van der Waals surface area contributed by atoms with Gasteiger partial charge in [0.2, 0.25) is 0 Å². The van der Waals surface area contributed by atoms with Crippen LogP contribution in [0, 0.1) is 0 Å². The number of nitrogens with two attached hydrogens (primary N) is 1. The van der Waals surface area contributed by atoms with E-state index < -0.39 is 0 Å². The molecule has 1 saturated carbocycles. The van der Waals surface area contributed by atoms with Gasteiger partial charge in [-0.15, -0.1) is 0 Å². The molecule has 0 spiro atoms. The topological polar surface area (TPSA) is 41.7 Å². The van der Waals surface area contributed by atoms with Crippen molar-refractivity contribution in [1.82, 2.24) is 9.80 Å². The highest BCUT2D eigenvalue weighted by atomic mass is 16.5. The van der Waals surface area contributed by atoms with E-state index in [2.05, 4.69) is 29.0 Å². The minimum absolute atomic E-state index is 0.343.